The van der Waals surface area contributed by atoms with Crippen LogP contribution in [0.2, 0.25) is 0 Å². The Morgan fingerprint density at radius 1 is 1.11 bits per heavy atom. The number of morpholine rings is 1. The van der Waals surface area contributed by atoms with Crippen LogP contribution in [0.4, 0.5) is 10.2 Å². The molecule has 1 aliphatic heterocycles. The normalized spacial score (nSPS) is 13.9. The van der Waals surface area contributed by atoms with E-state index in [1.54, 1.807) is 47.4 Å². The molecular weight excluding hydrogens is 491 g/mol. The number of rotatable bonds is 8. The number of anilines is 1. The number of amides is 2. The zero-order valence-corrected chi connectivity index (χ0v) is 20.6. The molecule has 0 unspecified atom stereocenters. The highest BCUT2D eigenvalue weighted by molar-refractivity contribution is 5.95. The van der Waals surface area contributed by atoms with Crippen molar-refractivity contribution >= 4 is 23.7 Å². The first-order valence-corrected chi connectivity index (χ1v) is 11.9. The second kappa shape index (κ2) is 11.8. The van der Waals surface area contributed by atoms with Crippen LogP contribution in [0.3, 0.4) is 0 Å². The van der Waals surface area contributed by atoms with E-state index in [0.717, 1.165) is 0 Å². The second-order valence-electron chi connectivity index (χ2n) is 8.75. The van der Waals surface area contributed by atoms with Gasteiger partial charge >= 0.3 is 0 Å². The van der Waals surface area contributed by atoms with Crippen molar-refractivity contribution in [1.29, 1.82) is 0 Å². The molecule has 0 atom stereocenters. The van der Waals surface area contributed by atoms with Crippen LogP contribution in [0.1, 0.15) is 15.9 Å². The minimum atomic E-state index is -1.77. The predicted molar refractivity (Wildman–Crippen MR) is 141 cm³/mol. The maximum absolute atomic E-state index is 14.7. The number of nitrogens with two attached hydrogens (primary N) is 3. The molecule has 0 aliphatic carbocycles. The van der Waals surface area contributed by atoms with Crippen LogP contribution < -0.4 is 27.3 Å². The molecule has 4 rings (SSSR count). The lowest BCUT2D eigenvalue weighted by Crippen LogP contribution is -2.61. The number of aromatic nitrogens is 1. The van der Waals surface area contributed by atoms with Crippen molar-refractivity contribution in [2.24, 2.45) is 11.5 Å². The topological polar surface area (TPSA) is 159 Å². The van der Waals surface area contributed by atoms with Crippen molar-refractivity contribution in [3.63, 3.8) is 0 Å². The minimum absolute atomic E-state index is 0.101. The summed E-state index contributed by atoms with van der Waals surface area (Å²) < 4.78 is 25.6. The van der Waals surface area contributed by atoms with Crippen LogP contribution >= 0.6 is 0 Å². The van der Waals surface area contributed by atoms with E-state index in [1.165, 1.54) is 30.5 Å². The third-order valence-electron chi connectivity index (χ3n) is 5.76. The van der Waals surface area contributed by atoms with Crippen molar-refractivity contribution in [3.05, 3.63) is 83.8 Å². The van der Waals surface area contributed by atoms with E-state index in [0.29, 0.717) is 48.8 Å². The Morgan fingerprint density at radius 2 is 1.84 bits per heavy atom. The number of carbonyl (C=O) groups is 2. The van der Waals surface area contributed by atoms with Crippen LogP contribution in [0.5, 0.6) is 5.75 Å². The quantitative estimate of drug-likeness (QED) is 0.258. The van der Waals surface area contributed by atoms with Crippen molar-refractivity contribution in [1.82, 2.24) is 15.2 Å². The number of benzene rings is 2. The summed E-state index contributed by atoms with van der Waals surface area (Å²) >= 11 is 0. The summed E-state index contributed by atoms with van der Waals surface area (Å²) in [5.74, 6) is -2.22. The molecule has 11 heteroatoms. The molecule has 1 aliphatic rings. The first-order chi connectivity index (χ1) is 18.2. The Kier molecular flexibility index (Phi) is 8.31. The van der Waals surface area contributed by atoms with E-state index in [2.05, 4.69) is 10.3 Å². The molecule has 198 valence electrons. The van der Waals surface area contributed by atoms with E-state index >= 15 is 0 Å². The Bertz CT molecular complexity index is 1310. The van der Waals surface area contributed by atoms with Gasteiger partial charge in [0.2, 0.25) is 11.8 Å². The monoisotopic (exact) mass is 520 g/mol. The highest BCUT2D eigenvalue weighted by Gasteiger charge is 2.23. The van der Waals surface area contributed by atoms with E-state index in [4.69, 9.17) is 26.7 Å². The molecule has 7 N–H and O–H groups in total. The molecule has 10 nitrogen and oxygen atoms in total. The molecular formula is C27H29FN6O4. The molecule has 3 aromatic rings. The second-order valence-corrected chi connectivity index (χ2v) is 8.75. The number of nitrogens with one attached hydrogen (secondary N) is 1. The number of nitrogen functional groups attached to an aromatic ring is 1. The van der Waals surface area contributed by atoms with Gasteiger partial charge in [-0.25, -0.2) is 9.37 Å². The summed E-state index contributed by atoms with van der Waals surface area (Å²) in [6.07, 6.45) is 4.39. The van der Waals surface area contributed by atoms with Gasteiger partial charge < -0.3 is 25.4 Å². The molecule has 1 aromatic heterocycles. The molecule has 1 saturated heterocycles. The van der Waals surface area contributed by atoms with E-state index in [-0.39, 0.29) is 23.8 Å². The van der Waals surface area contributed by atoms with E-state index in [9.17, 15) is 14.0 Å². The molecule has 0 radical (unpaired) electrons. The number of hydrogen-bond donors (Lipinski definition) is 4. The highest BCUT2D eigenvalue weighted by Crippen LogP contribution is 2.28. The van der Waals surface area contributed by atoms with Crippen LogP contribution in [0, 0.1) is 5.82 Å². The fourth-order valence-electron chi connectivity index (χ4n) is 3.76. The summed E-state index contributed by atoms with van der Waals surface area (Å²) in [6, 6.07) is 14.0. The minimum Gasteiger partial charge on any atom is -0.458 e. The predicted octanol–water partition coefficient (Wildman–Crippen LogP) is 1.72. The average Bonchev–Trinajstić information content (AvgIpc) is 2.93. The zero-order chi connectivity index (χ0) is 27.1. The Labute approximate surface area is 219 Å². The third-order valence-corrected chi connectivity index (χ3v) is 5.76. The maximum atomic E-state index is 14.7. The van der Waals surface area contributed by atoms with Crippen molar-refractivity contribution in [2.75, 3.05) is 38.6 Å². The van der Waals surface area contributed by atoms with Crippen molar-refractivity contribution < 1.29 is 23.5 Å². The van der Waals surface area contributed by atoms with Crippen LogP contribution in [0.15, 0.2) is 66.9 Å². The maximum Gasteiger partial charge on any atom is 0.254 e. The zero-order valence-electron chi connectivity index (χ0n) is 20.6. The van der Waals surface area contributed by atoms with Gasteiger partial charge in [-0.15, -0.1) is 0 Å². The van der Waals surface area contributed by atoms with Crippen molar-refractivity contribution in [2.45, 2.75) is 5.85 Å². The number of halogens is 1. The number of hydrogen-bond acceptors (Lipinski definition) is 8. The van der Waals surface area contributed by atoms with Gasteiger partial charge in [0.15, 0.2) is 0 Å². The average molecular weight is 521 g/mol. The first kappa shape index (κ1) is 26.7. The summed E-state index contributed by atoms with van der Waals surface area (Å²) in [7, 11) is 0. The first-order valence-electron chi connectivity index (χ1n) is 11.9. The molecule has 0 saturated carbocycles. The fourth-order valence-corrected chi connectivity index (χ4v) is 3.76. The Hall–Kier alpha value is -4.32. The largest absolute Gasteiger partial charge is 0.458 e. The molecule has 0 spiro atoms. The Morgan fingerprint density at radius 3 is 2.53 bits per heavy atom. The molecule has 38 heavy (non-hydrogen) atoms. The van der Waals surface area contributed by atoms with Crippen LogP contribution in [0.25, 0.3) is 17.2 Å². The summed E-state index contributed by atoms with van der Waals surface area (Å²) in [4.78, 5) is 30.5. The van der Waals surface area contributed by atoms with Crippen LogP contribution in [-0.2, 0) is 9.53 Å². The van der Waals surface area contributed by atoms with E-state index < -0.39 is 17.6 Å². The Balaban J connectivity index is 1.38. The van der Waals surface area contributed by atoms with Gasteiger partial charge in [0.05, 0.1) is 19.8 Å². The van der Waals surface area contributed by atoms with Gasteiger partial charge in [-0.2, -0.15) is 0 Å². The van der Waals surface area contributed by atoms with Crippen molar-refractivity contribution in [3.8, 4) is 16.9 Å². The summed E-state index contributed by atoms with van der Waals surface area (Å²) in [5.41, 5.74) is 19.6. The number of ether oxygens (including phenoxy) is 2. The SMILES string of the molecule is Nc1ccc(C=CC(=O)NCC(N)(N)Oc2ccc(F)c(-c3ccc(C(=O)N4CCOCC4)cc3)c2)cn1. The number of nitrogens with zero attached hydrogens (tertiary/aromatic N) is 2. The highest BCUT2D eigenvalue weighted by atomic mass is 19.1. The van der Waals surface area contributed by atoms with Gasteiger partial charge in [-0.3, -0.25) is 21.1 Å². The third kappa shape index (κ3) is 7.13. The lowest BCUT2D eigenvalue weighted by atomic mass is 10.0. The molecule has 1 fully saturated rings. The molecule has 2 heterocycles. The summed E-state index contributed by atoms with van der Waals surface area (Å²) in [6.45, 7) is 1.86. The fraction of sp³-hybridized carbons (Fsp3) is 0.222. The van der Waals surface area contributed by atoms with E-state index in [1.807, 2.05) is 0 Å². The van der Waals surface area contributed by atoms with Gasteiger partial charge in [-0.1, -0.05) is 12.1 Å². The molecule has 2 aromatic carbocycles. The molecule has 2 amide bonds. The van der Waals surface area contributed by atoms with Gasteiger partial charge in [-0.05, 0) is 59.7 Å². The van der Waals surface area contributed by atoms with Gasteiger partial charge in [0.1, 0.15) is 17.4 Å². The summed E-state index contributed by atoms with van der Waals surface area (Å²) in [5, 5.41) is 2.56. The molecule has 0 bridgehead atoms. The smallest absolute Gasteiger partial charge is 0.254 e. The standard InChI is InChI=1S/C27H29FN6O4/c28-23-8-7-21(38-27(30,31)17-33-25(35)10-2-18-1-9-24(29)32-16-18)15-22(23)19-3-5-20(6-4-19)26(36)34-11-13-37-14-12-34/h1-10,15-16H,11-14,17,30-31H2,(H2,29,32)(H,33,35). The van der Waals surface area contributed by atoms with Gasteiger partial charge in [0, 0.05) is 36.5 Å². The number of carbonyl (C=O) groups excluding carboxylic acids is 2. The van der Waals surface area contributed by atoms with Gasteiger partial charge in [0.25, 0.3) is 5.91 Å². The lowest BCUT2D eigenvalue weighted by Gasteiger charge is -2.27. The van der Waals surface area contributed by atoms with Crippen LogP contribution in [-0.4, -0.2) is 60.4 Å². The number of pyridine rings is 1. The lowest BCUT2D eigenvalue weighted by molar-refractivity contribution is -0.117.